The van der Waals surface area contributed by atoms with E-state index in [1.807, 2.05) is 11.3 Å². The molecule has 6 aromatic carbocycles. The molecule has 0 saturated carbocycles. The predicted molar refractivity (Wildman–Crippen MR) is 166 cm³/mol. The van der Waals surface area contributed by atoms with Crippen molar-refractivity contribution in [3.63, 3.8) is 0 Å². The fraction of sp³-hybridized carbons (Fsp3) is 0. The van der Waals surface area contributed by atoms with E-state index in [0.29, 0.717) is 0 Å². The molecule has 0 atom stereocenters. The van der Waals surface area contributed by atoms with Gasteiger partial charge in [0.1, 0.15) is 11.1 Å². The minimum atomic E-state index is 0.936. The Hall–Kier alpha value is -4.86. The maximum absolute atomic E-state index is 6.83. The van der Waals surface area contributed by atoms with Gasteiger partial charge in [-0.25, -0.2) is 0 Å². The number of hydrogen-bond donors (Lipinski definition) is 0. The Balaban J connectivity index is 1.39. The number of nitrogens with zero attached hydrogens (tertiary/aromatic N) is 1. The maximum atomic E-state index is 6.83. The van der Waals surface area contributed by atoms with Crippen molar-refractivity contribution in [1.29, 1.82) is 0 Å². The normalized spacial score (nSPS) is 12.1. The fourth-order valence-electron chi connectivity index (χ4n) is 6.29. The number of hydrogen-bond acceptors (Lipinski definition) is 2. The van der Waals surface area contributed by atoms with Gasteiger partial charge < -0.3 is 8.98 Å². The molecule has 182 valence electrons. The molecule has 0 bridgehead atoms. The van der Waals surface area contributed by atoms with Gasteiger partial charge in [0.2, 0.25) is 0 Å². The van der Waals surface area contributed by atoms with E-state index in [2.05, 4.69) is 132 Å². The Bertz CT molecular complexity index is 2390. The van der Waals surface area contributed by atoms with Gasteiger partial charge in [0.15, 0.2) is 5.58 Å². The zero-order valence-electron chi connectivity index (χ0n) is 20.9. The molecule has 0 radical (unpaired) electrons. The van der Waals surface area contributed by atoms with E-state index in [1.54, 1.807) is 0 Å². The largest absolute Gasteiger partial charge is 0.453 e. The average Bonchev–Trinajstić information content (AvgIpc) is 3.67. The fourth-order valence-corrected chi connectivity index (χ4v) is 7.65. The molecule has 0 aliphatic rings. The molecule has 0 amide bonds. The van der Waals surface area contributed by atoms with Crippen molar-refractivity contribution in [2.24, 2.45) is 0 Å². The Labute approximate surface area is 227 Å². The second-order valence-electron chi connectivity index (χ2n) is 10.1. The second kappa shape index (κ2) is 7.83. The van der Waals surface area contributed by atoms with Crippen molar-refractivity contribution < 1.29 is 4.42 Å². The van der Waals surface area contributed by atoms with Crippen molar-refractivity contribution in [3.8, 4) is 16.8 Å². The lowest BCUT2D eigenvalue weighted by molar-refractivity contribution is 0.674. The van der Waals surface area contributed by atoms with Crippen LogP contribution in [-0.4, -0.2) is 4.57 Å². The molecule has 0 N–H and O–H groups in total. The van der Waals surface area contributed by atoms with Crippen molar-refractivity contribution >= 4 is 75.3 Å². The zero-order valence-corrected chi connectivity index (χ0v) is 21.7. The second-order valence-corrected chi connectivity index (χ2v) is 11.1. The van der Waals surface area contributed by atoms with Gasteiger partial charge in [0.05, 0.1) is 5.52 Å². The van der Waals surface area contributed by atoms with Crippen molar-refractivity contribution in [2.75, 3.05) is 0 Å². The van der Waals surface area contributed by atoms with Crippen LogP contribution in [0.2, 0.25) is 0 Å². The monoisotopic (exact) mass is 515 g/mol. The molecule has 2 nitrogen and oxygen atoms in total. The first-order chi connectivity index (χ1) is 19.4. The van der Waals surface area contributed by atoms with Crippen molar-refractivity contribution in [1.82, 2.24) is 4.57 Å². The summed E-state index contributed by atoms with van der Waals surface area (Å²) >= 11 is 1.89. The van der Waals surface area contributed by atoms with Crippen LogP contribution < -0.4 is 0 Å². The zero-order chi connectivity index (χ0) is 25.5. The van der Waals surface area contributed by atoms with Crippen molar-refractivity contribution in [3.05, 3.63) is 127 Å². The lowest BCUT2D eigenvalue weighted by Gasteiger charge is -2.08. The van der Waals surface area contributed by atoms with E-state index >= 15 is 0 Å². The molecule has 0 saturated heterocycles. The third-order valence-electron chi connectivity index (χ3n) is 8.00. The third kappa shape index (κ3) is 2.85. The highest BCUT2D eigenvalue weighted by Gasteiger charge is 2.22. The Morgan fingerprint density at radius 3 is 2.05 bits per heavy atom. The SMILES string of the molecule is c1ccc(-n2c3ccccc3c3oc4c(-c5cccc6c5sc5c7ccccc7ccc65)cccc4c32)cc1. The van der Waals surface area contributed by atoms with Gasteiger partial charge in [-0.2, -0.15) is 0 Å². The van der Waals surface area contributed by atoms with Crippen LogP contribution in [0.4, 0.5) is 0 Å². The smallest absolute Gasteiger partial charge is 0.161 e. The van der Waals surface area contributed by atoms with E-state index in [1.165, 1.54) is 36.5 Å². The number of rotatable bonds is 2. The highest BCUT2D eigenvalue weighted by Crippen LogP contribution is 2.46. The summed E-state index contributed by atoms with van der Waals surface area (Å²) in [5.74, 6) is 0. The Morgan fingerprint density at radius 2 is 1.15 bits per heavy atom. The molecule has 3 heterocycles. The van der Waals surface area contributed by atoms with E-state index in [4.69, 9.17) is 4.42 Å². The Morgan fingerprint density at radius 1 is 0.462 bits per heavy atom. The summed E-state index contributed by atoms with van der Waals surface area (Å²) in [5.41, 5.74) is 7.63. The summed E-state index contributed by atoms with van der Waals surface area (Å²) in [7, 11) is 0. The van der Waals surface area contributed by atoms with Gasteiger partial charge in [-0.05, 0) is 41.1 Å². The molecule has 0 aliphatic carbocycles. The molecular formula is C36H21NOS. The van der Waals surface area contributed by atoms with Crippen LogP contribution in [0.5, 0.6) is 0 Å². The molecule has 0 spiro atoms. The minimum Gasteiger partial charge on any atom is -0.453 e. The Kier molecular flexibility index (Phi) is 4.24. The van der Waals surface area contributed by atoms with Crippen LogP contribution in [0.3, 0.4) is 0 Å². The molecule has 0 aliphatic heterocycles. The topological polar surface area (TPSA) is 18.1 Å². The van der Waals surface area contributed by atoms with Gasteiger partial charge in [-0.15, -0.1) is 11.3 Å². The van der Waals surface area contributed by atoms with Gasteiger partial charge in [-0.3, -0.25) is 0 Å². The molecular weight excluding hydrogens is 494 g/mol. The molecule has 39 heavy (non-hydrogen) atoms. The predicted octanol–water partition coefficient (Wildman–Crippen LogP) is 10.7. The number of benzene rings is 6. The van der Waals surface area contributed by atoms with E-state index in [-0.39, 0.29) is 0 Å². The van der Waals surface area contributed by atoms with E-state index in [9.17, 15) is 0 Å². The van der Waals surface area contributed by atoms with Gasteiger partial charge in [0.25, 0.3) is 0 Å². The van der Waals surface area contributed by atoms with Crippen LogP contribution in [0.25, 0.3) is 80.7 Å². The van der Waals surface area contributed by atoms with Crippen LogP contribution in [-0.2, 0) is 0 Å². The van der Waals surface area contributed by atoms with Crippen LogP contribution in [0.15, 0.2) is 132 Å². The highest BCUT2D eigenvalue weighted by molar-refractivity contribution is 7.27. The number of para-hydroxylation sites is 3. The first-order valence-corrected chi connectivity index (χ1v) is 14.0. The first kappa shape index (κ1) is 21.1. The lowest BCUT2D eigenvalue weighted by Crippen LogP contribution is -1.92. The average molecular weight is 516 g/mol. The summed E-state index contributed by atoms with van der Waals surface area (Å²) in [4.78, 5) is 0. The van der Waals surface area contributed by atoms with Gasteiger partial charge in [-0.1, -0.05) is 97.1 Å². The quantitative estimate of drug-likeness (QED) is 0.224. The molecule has 3 aromatic heterocycles. The van der Waals surface area contributed by atoms with Crippen LogP contribution in [0.1, 0.15) is 0 Å². The standard InChI is InChI=1S/C36H21NOS/c1-2-11-23(12-3-1)37-31-19-7-6-14-29(31)34-32(37)30-18-8-15-25(33(30)38-34)26-16-9-17-27-28-21-20-22-10-4-5-13-24(22)35(28)39-36(26)27/h1-21H. The molecule has 9 rings (SSSR count). The van der Waals surface area contributed by atoms with Crippen LogP contribution in [0, 0.1) is 0 Å². The molecule has 0 fully saturated rings. The summed E-state index contributed by atoms with van der Waals surface area (Å²) < 4.78 is 11.8. The van der Waals surface area contributed by atoms with Gasteiger partial charge in [0, 0.05) is 47.8 Å². The highest BCUT2D eigenvalue weighted by atomic mass is 32.1. The van der Waals surface area contributed by atoms with Crippen LogP contribution >= 0.6 is 11.3 Å². The number of aromatic nitrogens is 1. The number of fused-ring (bicyclic) bond motifs is 10. The molecule has 3 heteroatoms. The summed E-state index contributed by atoms with van der Waals surface area (Å²) in [6.07, 6.45) is 0. The third-order valence-corrected chi connectivity index (χ3v) is 9.28. The van der Waals surface area contributed by atoms with E-state index < -0.39 is 0 Å². The number of thiophene rings is 1. The number of furan rings is 1. The van der Waals surface area contributed by atoms with Gasteiger partial charge >= 0.3 is 0 Å². The summed E-state index contributed by atoms with van der Waals surface area (Å²) in [5, 5.41) is 7.46. The molecule has 0 unspecified atom stereocenters. The maximum Gasteiger partial charge on any atom is 0.161 e. The first-order valence-electron chi connectivity index (χ1n) is 13.2. The minimum absolute atomic E-state index is 0.936. The summed E-state index contributed by atoms with van der Waals surface area (Å²) in [6, 6.07) is 45.5. The van der Waals surface area contributed by atoms with E-state index in [0.717, 1.165) is 44.2 Å². The molecule has 9 aromatic rings. The lowest BCUT2D eigenvalue weighted by atomic mass is 10.00. The summed E-state index contributed by atoms with van der Waals surface area (Å²) in [6.45, 7) is 0. The van der Waals surface area contributed by atoms with Crippen molar-refractivity contribution in [2.45, 2.75) is 0 Å².